The molecular weight excluding hydrogens is 208 g/mol. The molecule has 0 bridgehead atoms. The monoisotopic (exact) mass is 220 g/mol. The summed E-state index contributed by atoms with van der Waals surface area (Å²) in [6.45, 7) is 0.375. The lowest BCUT2D eigenvalue weighted by Crippen LogP contribution is -2.25. The average Bonchev–Trinajstić information content (AvgIpc) is 2.76. The van der Waals surface area contributed by atoms with Crippen LogP contribution in [0.25, 0.3) is 5.52 Å². The van der Waals surface area contributed by atoms with Crippen molar-refractivity contribution in [1.29, 1.82) is 0 Å². The van der Waals surface area contributed by atoms with E-state index in [1.54, 1.807) is 31.7 Å². The number of fused-ring (bicyclic) bond motifs is 1. The number of aromatic nitrogens is 3. The Bertz CT molecular complexity index is 569. The standard InChI is InChI=1S/C10H12N4O2/c1-11-9(15)3-5-13-6-7-14-8(10(13)16)2-4-12-14/h2,4,6-7H,3,5H2,1H3,(H,11,15). The molecule has 2 aromatic rings. The third kappa shape index (κ3) is 1.81. The zero-order valence-electron chi connectivity index (χ0n) is 8.88. The van der Waals surface area contributed by atoms with Gasteiger partial charge < -0.3 is 9.88 Å². The Hall–Kier alpha value is -2.11. The van der Waals surface area contributed by atoms with Gasteiger partial charge in [-0.2, -0.15) is 5.10 Å². The van der Waals surface area contributed by atoms with Crippen LogP contribution in [-0.2, 0) is 11.3 Å². The first-order valence-electron chi connectivity index (χ1n) is 4.96. The van der Waals surface area contributed by atoms with E-state index in [2.05, 4.69) is 10.4 Å². The summed E-state index contributed by atoms with van der Waals surface area (Å²) in [5.41, 5.74) is 0.378. The minimum absolute atomic E-state index is 0.0831. The van der Waals surface area contributed by atoms with Crippen LogP contribution >= 0.6 is 0 Å². The van der Waals surface area contributed by atoms with E-state index in [1.807, 2.05) is 0 Å². The molecule has 2 rings (SSSR count). The van der Waals surface area contributed by atoms with Gasteiger partial charge in [0.2, 0.25) is 5.91 Å². The van der Waals surface area contributed by atoms with Gasteiger partial charge in [0, 0.05) is 32.4 Å². The van der Waals surface area contributed by atoms with Crippen LogP contribution in [0, 0.1) is 0 Å². The van der Waals surface area contributed by atoms with Gasteiger partial charge in [0.25, 0.3) is 5.56 Å². The van der Waals surface area contributed by atoms with E-state index >= 15 is 0 Å². The van der Waals surface area contributed by atoms with Crippen molar-refractivity contribution in [2.24, 2.45) is 0 Å². The number of carbonyl (C=O) groups is 1. The Morgan fingerprint density at radius 2 is 2.31 bits per heavy atom. The van der Waals surface area contributed by atoms with Gasteiger partial charge in [-0.25, -0.2) is 4.52 Å². The predicted octanol–water partition coefficient (Wildman–Crippen LogP) is -0.368. The molecule has 6 heteroatoms. The topological polar surface area (TPSA) is 68.4 Å². The molecule has 0 saturated carbocycles. The third-order valence-electron chi connectivity index (χ3n) is 2.40. The highest BCUT2D eigenvalue weighted by Gasteiger charge is 2.04. The molecule has 0 aliphatic heterocycles. The molecule has 16 heavy (non-hydrogen) atoms. The Morgan fingerprint density at radius 3 is 3.06 bits per heavy atom. The largest absolute Gasteiger partial charge is 0.359 e. The van der Waals surface area contributed by atoms with Gasteiger partial charge in [-0.15, -0.1) is 0 Å². The van der Waals surface area contributed by atoms with Crippen molar-refractivity contribution < 1.29 is 4.79 Å². The second-order valence-electron chi connectivity index (χ2n) is 3.38. The van der Waals surface area contributed by atoms with Gasteiger partial charge in [-0.1, -0.05) is 0 Å². The lowest BCUT2D eigenvalue weighted by molar-refractivity contribution is -0.120. The maximum Gasteiger partial charge on any atom is 0.276 e. The summed E-state index contributed by atoms with van der Waals surface area (Å²) in [5, 5.41) is 6.47. The second-order valence-corrected chi connectivity index (χ2v) is 3.38. The quantitative estimate of drug-likeness (QED) is 0.767. The molecule has 0 radical (unpaired) electrons. The van der Waals surface area contributed by atoms with Crippen LogP contribution in [0.2, 0.25) is 0 Å². The molecule has 0 fully saturated rings. The molecule has 6 nitrogen and oxygen atoms in total. The van der Waals surface area contributed by atoms with Gasteiger partial charge in [0.05, 0.1) is 6.20 Å². The highest BCUT2D eigenvalue weighted by molar-refractivity contribution is 5.75. The molecule has 84 valence electrons. The van der Waals surface area contributed by atoms with E-state index < -0.39 is 0 Å². The van der Waals surface area contributed by atoms with Crippen molar-refractivity contribution in [3.63, 3.8) is 0 Å². The SMILES string of the molecule is CNC(=O)CCn1ccn2nccc2c1=O. The fourth-order valence-electron chi connectivity index (χ4n) is 1.48. The van der Waals surface area contributed by atoms with E-state index in [0.717, 1.165) is 0 Å². The zero-order valence-corrected chi connectivity index (χ0v) is 8.88. The van der Waals surface area contributed by atoms with Crippen molar-refractivity contribution in [2.75, 3.05) is 7.05 Å². The molecular formula is C10H12N4O2. The molecule has 2 aromatic heterocycles. The van der Waals surface area contributed by atoms with E-state index in [0.29, 0.717) is 18.5 Å². The highest BCUT2D eigenvalue weighted by atomic mass is 16.1. The third-order valence-corrected chi connectivity index (χ3v) is 2.40. The maximum atomic E-state index is 11.9. The van der Waals surface area contributed by atoms with E-state index in [1.165, 1.54) is 9.08 Å². The van der Waals surface area contributed by atoms with Crippen LogP contribution in [0.3, 0.4) is 0 Å². The van der Waals surface area contributed by atoms with E-state index in [4.69, 9.17) is 0 Å². The summed E-state index contributed by atoms with van der Waals surface area (Å²) >= 11 is 0. The molecule has 0 aliphatic carbocycles. The second kappa shape index (κ2) is 4.18. The summed E-state index contributed by atoms with van der Waals surface area (Å²) in [6, 6.07) is 1.65. The first kappa shape index (κ1) is 10.4. The normalized spacial score (nSPS) is 10.6. The minimum Gasteiger partial charge on any atom is -0.359 e. The first-order chi connectivity index (χ1) is 7.72. The molecule has 0 aliphatic rings. The molecule has 1 amide bonds. The number of carbonyl (C=O) groups excluding carboxylic acids is 1. The number of nitrogens with one attached hydrogen (secondary N) is 1. The average molecular weight is 220 g/mol. The van der Waals surface area contributed by atoms with Crippen molar-refractivity contribution >= 4 is 11.4 Å². The fraction of sp³-hybridized carbons (Fsp3) is 0.300. The molecule has 0 atom stereocenters. The van der Waals surface area contributed by atoms with E-state index in [-0.39, 0.29) is 11.5 Å². The summed E-state index contributed by atoms with van der Waals surface area (Å²) in [7, 11) is 1.57. The van der Waals surface area contributed by atoms with Crippen LogP contribution in [0.5, 0.6) is 0 Å². The minimum atomic E-state index is -0.135. The van der Waals surface area contributed by atoms with Crippen LogP contribution in [0.15, 0.2) is 29.5 Å². The Balaban J connectivity index is 2.28. The van der Waals surface area contributed by atoms with Crippen LogP contribution in [0.1, 0.15) is 6.42 Å². The summed E-state index contributed by atoms with van der Waals surface area (Å²) in [6.07, 6.45) is 5.19. The van der Waals surface area contributed by atoms with Gasteiger partial charge in [-0.3, -0.25) is 9.59 Å². The number of amides is 1. The summed E-state index contributed by atoms with van der Waals surface area (Å²) < 4.78 is 3.02. The highest BCUT2D eigenvalue weighted by Crippen LogP contribution is 1.95. The predicted molar refractivity (Wildman–Crippen MR) is 58.1 cm³/mol. The number of nitrogens with zero attached hydrogens (tertiary/aromatic N) is 3. The number of hydrogen-bond acceptors (Lipinski definition) is 3. The van der Waals surface area contributed by atoms with Gasteiger partial charge >= 0.3 is 0 Å². The van der Waals surface area contributed by atoms with Crippen molar-refractivity contribution in [3.8, 4) is 0 Å². The molecule has 1 N–H and O–H groups in total. The molecule has 0 spiro atoms. The summed E-state index contributed by atoms with van der Waals surface area (Å²) in [5.74, 6) is -0.0831. The number of rotatable bonds is 3. The molecule has 0 saturated heterocycles. The van der Waals surface area contributed by atoms with Crippen molar-refractivity contribution in [2.45, 2.75) is 13.0 Å². The lowest BCUT2D eigenvalue weighted by Gasteiger charge is -2.04. The Labute approximate surface area is 91.5 Å². The molecule has 0 unspecified atom stereocenters. The fourth-order valence-corrected chi connectivity index (χ4v) is 1.48. The van der Waals surface area contributed by atoms with Crippen molar-refractivity contribution in [3.05, 3.63) is 35.0 Å². The number of hydrogen-bond donors (Lipinski definition) is 1. The Morgan fingerprint density at radius 1 is 1.50 bits per heavy atom. The van der Waals surface area contributed by atoms with Gasteiger partial charge in [0.15, 0.2) is 0 Å². The van der Waals surface area contributed by atoms with Gasteiger partial charge in [-0.05, 0) is 6.07 Å². The van der Waals surface area contributed by atoms with Gasteiger partial charge in [0.1, 0.15) is 5.52 Å². The molecule has 0 aromatic carbocycles. The molecule has 2 heterocycles. The summed E-state index contributed by atoms with van der Waals surface area (Å²) in [4.78, 5) is 22.9. The Kier molecular flexibility index (Phi) is 2.72. The van der Waals surface area contributed by atoms with Crippen LogP contribution < -0.4 is 10.9 Å². The lowest BCUT2D eigenvalue weighted by atomic mass is 10.4. The van der Waals surface area contributed by atoms with Crippen LogP contribution in [-0.4, -0.2) is 27.1 Å². The van der Waals surface area contributed by atoms with Crippen molar-refractivity contribution in [1.82, 2.24) is 19.5 Å². The smallest absolute Gasteiger partial charge is 0.276 e. The first-order valence-corrected chi connectivity index (χ1v) is 4.96. The number of aryl methyl sites for hydroxylation is 1. The van der Waals surface area contributed by atoms with E-state index in [9.17, 15) is 9.59 Å². The zero-order chi connectivity index (χ0) is 11.5. The van der Waals surface area contributed by atoms with Crippen LogP contribution in [0.4, 0.5) is 0 Å². The maximum absolute atomic E-state index is 11.9.